The van der Waals surface area contributed by atoms with Crippen LogP contribution >= 0.6 is 27.3 Å². The number of carbonyl (C=O) groups excluding carboxylic acids is 1. The lowest BCUT2D eigenvalue weighted by atomic mass is 10.1. The van der Waals surface area contributed by atoms with Crippen LogP contribution in [0.4, 0.5) is 4.39 Å². The van der Waals surface area contributed by atoms with Crippen molar-refractivity contribution in [2.45, 2.75) is 20.3 Å². The first-order chi connectivity index (χ1) is 8.47. The summed E-state index contributed by atoms with van der Waals surface area (Å²) in [5.41, 5.74) is 1.31. The van der Waals surface area contributed by atoms with E-state index in [-0.39, 0.29) is 12.2 Å². The van der Waals surface area contributed by atoms with Crippen LogP contribution in [0, 0.1) is 19.7 Å². The van der Waals surface area contributed by atoms with Crippen molar-refractivity contribution in [3.63, 3.8) is 0 Å². The number of halogens is 2. The molecule has 5 heteroatoms. The summed E-state index contributed by atoms with van der Waals surface area (Å²) in [4.78, 5) is 17.5. The predicted molar refractivity (Wildman–Crippen MR) is 73.7 cm³/mol. The van der Waals surface area contributed by atoms with Crippen molar-refractivity contribution in [2.75, 3.05) is 0 Å². The van der Waals surface area contributed by atoms with Gasteiger partial charge in [-0.25, -0.2) is 9.37 Å². The van der Waals surface area contributed by atoms with Gasteiger partial charge in [0, 0.05) is 14.9 Å². The number of hydrogen-bond acceptors (Lipinski definition) is 3. The molecular weight excluding hydrogens is 317 g/mol. The molecule has 0 saturated heterocycles. The highest BCUT2D eigenvalue weighted by atomic mass is 79.9. The van der Waals surface area contributed by atoms with Gasteiger partial charge in [-0.2, -0.15) is 0 Å². The molecule has 0 aliphatic carbocycles. The van der Waals surface area contributed by atoms with Gasteiger partial charge < -0.3 is 0 Å². The number of carbonyl (C=O) groups is 1. The molecule has 1 heterocycles. The Bertz CT molecular complexity index is 590. The largest absolute Gasteiger partial charge is 0.294 e. The van der Waals surface area contributed by atoms with Crippen molar-refractivity contribution < 1.29 is 9.18 Å². The van der Waals surface area contributed by atoms with Gasteiger partial charge >= 0.3 is 0 Å². The molecule has 2 nitrogen and oxygen atoms in total. The Kier molecular flexibility index (Phi) is 3.92. The summed E-state index contributed by atoms with van der Waals surface area (Å²) in [5, 5.41) is 0.770. The minimum absolute atomic E-state index is 0.130. The highest BCUT2D eigenvalue weighted by Crippen LogP contribution is 2.22. The van der Waals surface area contributed by atoms with E-state index >= 15 is 0 Å². The molecule has 0 spiro atoms. The third-order valence-corrected chi connectivity index (χ3v) is 4.38. The van der Waals surface area contributed by atoms with E-state index in [0.29, 0.717) is 10.0 Å². The summed E-state index contributed by atoms with van der Waals surface area (Å²) in [6.07, 6.45) is 0.210. The van der Waals surface area contributed by atoms with Crippen molar-refractivity contribution in [2.24, 2.45) is 0 Å². The molecule has 0 aliphatic heterocycles. The molecular formula is C13H11BrFNOS. The molecule has 0 radical (unpaired) electrons. The first-order valence-electron chi connectivity index (χ1n) is 5.38. The lowest BCUT2D eigenvalue weighted by molar-refractivity contribution is 0.0991. The fourth-order valence-corrected chi connectivity index (χ4v) is 2.96. The number of rotatable bonds is 3. The number of ketones is 1. The summed E-state index contributed by atoms with van der Waals surface area (Å²) in [7, 11) is 0. The predicted octanol–water partition coefficient (Wildman–Crippen LogP) is 4.09. The van der Waals surface area contributed by atoms with Gasteiger partial charge in [-0.05, 0) is 32.0 Å². The van der Waals surface area contributed by atoms with E-state index in [2.05, 4.69) is 20.9 Å². The minimum atomic E-state index is -0.409. The number of Topliss-reactive ketones (excluding diaryl/α,β-unsaturated/α-hetero) is 1. The molecule has 0 unspecified atom stereocenters. The highest BCUT2D eigenvalue weighted by Gasteiger charge is 2.14. The molecule has 0 atom stereocenters. The van der Waals surface area contributed by atoms with Crippen molar-refractivity contribution in [1.29, 1.82) is 0 Å². The Labute approximate surface area is 117 Å². The van der Waals surface area contributed by atoms with Crippen LogP contribution in [0.3, 0.4) is 0 Å². The molecule has 0 bridgehead atoms. The molecule has 1 aromatic heterocycles. The molecule has 2 aromatic rings. The van der Waals surface area contributed by atoms with Gasteiger partial charge in [0.2, 0.25) is 0 Å². The average Bonchev–Trinajstić information content (AvgIpc) is 2.61. The van der Waals surface area contributed by atoms with Crippen molar-refractivity contribution in [3.8, 4) is 0 Å². The van der Waals surface area contributed by atoms with E-state index in [4.69, 9.17) is 0 Å². The summed E-state index contributed by atoms with van der Waals surface area (Å²) < 4.78 is 13.7. The lowest BCUT2D eigenvalue weighted by Crippen LogP contribution is -2.04. The number of hydrogen-bond donors (Lipinski definition) is 0. The van der Waals surface area contributed by atoms with Crippen LogP contribution < -0.4 is 0 Å². The Morgan fingerprint density at radius 1 is 1.44 bits per heavy atom. The molecule has 0 saturated carbocycles. The van der Waals surface area contributed by atoms with E-state index < -0.39 is 5.82 Å². The Hall–Kier alpha value is -1.07. The zero-order chi connectivity index (χ0) is 13.3. The summed E-state index contributed by atoms with van der Waals surface area (Å²) >= 11 is 4.77. The second-order valence-electron chi connectivity index (χ2n) is 3.97. The molecule has 18 heavy (non-hydrogen) atoms. The van der Waals surface area contributed by atoms with Gasteiger partial charge in [0.1, 0.15) is 10.8 Å². The topological polar surface area (TPSA) is 30.0 Å². The maximum Gasteiger partial charge on any atom is 0.170 e. The fourth-order valence-electron chi connectivity index (χ4n) is 1.56. The van der Waals surface area contributed by atoms with Crippen molar-refractivity contribution in [1.82, 2.24) is 4.98 Å². The second-order valence-corrected chi connectivity index (χ2v) is 6.12. The molecule has 0 amide bonds. The zero-order valence-corrected chi connectivity index (χ0v) is 12.4. The zero-order valence-electron chi connectivity index (χ0n) is 9.96. The Morgan fingerprint density at radius 2 is 2.17 bits per heavy atom. The standard InChI is InChI=1S/C13H11BrFNOS/c1-7-8(2)18-13(16-7)6-12(17)10-5-9(15)3-4-11(10)14/h3-5H,6H2,1-2H3. The number of nitrogens with zero attached hydrogens (tertiary/aromatic N) is 1. The summed E-state index contributed by atoms with van der Waals surface area (Å²) in [6, 6.07) is 4.11. The van der Waals surface area contributed by atoms with Crippen LogP contribution in [0.2, 0.25) is 0 Å². The van der Waals surface area contributed by atoms with E-state index in [1.807, 2.05) is 13.8 Å². The van der Waals surface area contributed by atoms with E-state index in [1.165, 1.54) is 23.5 Å². The van der Waals surface area contributed by atoms with Gasteiger partial charge in [0.25, 0.3) is 0 Å². The number of thiazole rings is 1. The highest BCUT2D eigenvalue weighted by molar-refractivity contribution is 9.10. The van der Waals surface area contributed by atoms with Gasteiger partial charge in [-0.3, -0.25) is 4.79 Å². The smallest absolute Gasteiger partial charge is 0.170 e. The molecule has 2 rings (SSSR count). The van der Waals surface area contributed by atoms with Gasteiger partial charge in [0.15, 0.2) is 5.78 Å². The van der Waals surface area contributed by atoms with Crippen LogP contribution in [0.25, 0.3) is 0 Å². The minimum Gasteiger partial charge on any atom is -0.294 e. The first-order valence-corrected chi connectivity index (χ1v) is 6.99. The molecule has 0 N–H and O–H groups in total. The third-order valence-electron chi connectivity index (χ3n) is 2.61. The monoisotopic (exact) mass is 327 g/mol. The van der Waals surface area contributed by atoms with Gasteiger partial charge in [-0.15, -0.1) is 11.3 Å². The molecule has 1 aromatic carbocycles. The van der Waals surface area contributed by atoms with E-state index in [1.54, 1.807) is 6.07 Å². The van der Waals surface area contributed by atoms with Crippen molar-refractivity contribution in [3.05, 3.63) is 49.6 Å². The quantitative estimate of drug-likeness (QED) is 0.795. The maximum atomic E-state index is 13.1. The Morgan fingerprint density at radius 3 is 2.78 bits per heavy atom. The lowest BCUT2D eigenvalue weighted by Gasteiger charge is -2.02. The van der Waals surface area contributed by atoms with E-state index in [0.717, 1.165) is 15.6 Å². The third kappa shape index (κ3) is 2.84. The molecule has 0 aliphatic rings. The van der Waals surface area contributed by atoms with Crippen LogP contribution in [0.15, 0.2) is 22.7 Å². The van der Waals surface area contributed by atoms with Gasteiger partial charge in [-0.1, -0.05) is 15.9 Å². The molecule has 94 valence electrons. The van der Waals surface area contributed by atoms with Crippen LogP contribution in [0.1, 0.15) is 25.9 Å². The molecule has 0 fully saturated rings. The maximum absolute atomic E-state index is 13.1. The normalized spacial score (nSPS) is 10.7. The van der Waals surface area contributed by atoms with Gasteiger partial charge in [0.05, 0.1) is 12.1 Å². The number of benzene rings is 1. The Balaban J connectivity index is 2.24. The number of aromatic nitrogens is 1. The van der Waals surface area contributed by atoms with Crippen LogP contribution in [-0.2, 0) is 6.42 Å². The number of aryl methyl sites for hydroxylation is 2. The van der Waals surface area contributed by atoms with Crippen molar-refractivity contribution >= 4 is 33.0 Å². The second kappa shape index (κ2) is 5.28. The average molecular weight is 328 g/mol. The van der Waals surface area contributed by atoms with E-state index in [9.17, 15) is 9.18 Å². The summed E-state index contributed by atoms with van der Waals surface area (Å²) in [6.45, 7) is 3.89. The fraction of sp³-hybridized carbons (Fsp3) is 0.231. The van der Waals surface area contributed by atoms with Crippen LogP contribution in [-0.4, -0.2) is 10.8 Å². The SMILES string of the molecule is Cc1nc(CC(=O)c2cc(F)ccc2Br)sc1C. The van der Waals surface area contributed by atoms with Crippen LogP contribution in [0.5, 0.6) is 0 Å². The summed E-state index contributed by atoms with van der Waals surface area (Å²) in [5.74, 6) is -0.539. The first kappa shape index (κ1) is 13.4.